The fraction of sp³-hybridized carbons (Fsp3) is 0.462. The number of nitrogens with one attached hydrogen (secondary N) is 1. The zero-order valence-electron chi connectivity index (χ0n) is 21.3. The highest BCUT2D eigenvalue weighted by molar-refractivity contribution is 6.03. The predicted octanol–water partition coefficient (Wildman–Crippen LogP) is 3.89. The molecular formula is C26H34N2O8. The topological polar surface area (TPSA) is 116 Å². The number of carbonyl (C=O) groups excluding carboxylic acids is 2. The lowest BCUT2D eigenvalue weighted by atomic mass is 9.83. The van der Waals surface area contributed by atoms with Gasteiger partial charge in [0.25, 0.3) is 0 Å². The summed E-state index contributed by atoms with van der Waals surface area (Å²) in [7, 11) is 6.18. The summed E-state index contributed by atoms with van der Waals surface area (Å²) in [4.78, 5) is 25.8. The van der Waals surface area contributed by atoms with Gasteiger partial charge in [-0.2, -0.15) is 0 Å². The number of hydroxylamine groups is 1. The minimum atomic E-state index is -0.397. The molecule has 1 heterocycles. The van der Waals surface area contributed by atoms with E-state index in [1.54, 1.807) is 29.6 Å². The van der Waals surface area contributed by atoms with Crippen molar-refractivity contribution in [1.82, 2.24) is 5.48 Å². The second-order valence-electron chi connectivity index (χ2n) is 8.43. The van der Waals surface area contributed by atoms with E-state index < -0.39 is 5.91 Å². The van der Waals surface area contributed by atoms with Crippen molar-refractivity contribution in [3.05, 3.63) is 35.9 Å². The lowest BCUT2D eigenvalue weighted by Crippen LogP contribution is -2.54. The van der Waals surface area contributed by atoms with Crippen LogP contribution in [-0.4, -0.2) is 52.1 Å². The maximum Gasteiger partial charge on any atom is 0.243 e. The van der Waals surface area contributed by atoms with Crippen molar-refractivity contribution in [2.24, 2.45) is 5.92 Å². The van der Waals surface area contributed by atoms with E-state index in [2.05, 4.69) is 0 Å². The molecule has 3 rings (SSSR count). The van der Waals surface area contributed by atoms with Gasteiger partial charge < -0.3 is 28.6 Å². The zero-order chi connectivity index (χ0) is 26.2. The summed E-state index contributed by atoms with van der Waals surface area (Å²) in [6.07, 6.45) is 2.43. The molecule has 10 heteroatoms. The minimum Gasteiger partial charge on any atom is -0.493 e. The maximum atomic E-state index is 13.0. The molecule has 0 radical (unpaired) electrons. The molecule has 0 bridgehead atoms. The molecule has 196 valence electrons. The number of hydrogen-bond acceptors (Lipinski definition) is 8. The Bertz CT molecular complexity index is 1050. The Morgan fingerprint density at radius 3 is 2.17 bits per heavy atom. The summed E-state index contributed by atoms with van der Waals surface area (Å²) >= 11 is 0. The number of hydrogen-bond donors (Lipinski definition) is 2. The van der Waals surface area contributed by atoms with Crippen molar-refractivity contribution in [2.75, 3.05) is 39.9 Å². The number of nitrogens with zero attached hydrogens (tertiary/aromatic N) is 1. The number of carbonyl (C=O) groups is 2. The highest BCUT2D eigenvalue weighted by Crippen LogP contribution is 2.49. The van der Waals surface area contributed by atoms with Crippen LogP contribution in [0.15, 0.2) is 30.3 Å². The van der Waals surface area contributed by atoms with Gasteiger partial charge in [0.05, 0.1) is 52.7 Å². The molecule has 2 atom stereocenters. The summed E-state index contributed by atoms with van der Waals surface area (Å²) in [6, 6.07) is 8.96. The Kier molecular flexibility index (Phi) is 9.24. The molecule has 2 amide bonds. The van der Waals surface area contributed by atoms with Gasteiger partial charge in [-0.25, -0.2) is 5.48 Å². The van der Waals surface area contributed by atoms with Crippen LogP contribution in [0.2, 0.25) is 0 Å². The van der Waals surface area contributed by atoms with E-state index in [0.717, 1.165) is 18.4 Å². The second-order valence-corrected chi connectivity index (χ2v) is 8.43. The third-order valence-corrected chi connectivity index (χ3v) is 6.27. The largest absolute Gasteiger partial charge is 0.493 e. The molecule has 0 aliphatic carbocycles. The zero-order valence-corrected chi connectivity index (χ0v) is 21.3. The summed E-state index contributed by atoms with van der Waals surface area (Å²) in [5.41, 5.74) is 3.18. The average molecular weight is 503 g/mol. The van der Waals surface area contributed by atoms with Crippen LogP contribution in [0.4, 0.5) is 5.69 Å². The van der Waals surface area contributed by atoms with Crippen LogP contribution in [0.1, 0.15) is 44.2 Å². The number of benzene rings is 2. The van der Waals surface area contributed by atoms with Gasteiger partial charge in [0.2, 0.25) is 17.6 Å². The van der Waals surface area contributed by atoms with Crippen LogP contribution in [-0.2, 0) is 9.59 Å². The average Bonchev–Trinajstić information content (AvgIpc) is 2.91. The van der Waals surface area contributed by atoms with Gasteiger partial charge in [-0.05, 0) is 37.0 Å². The number of rotatable bonds is 13. The Hall–Kier alpha value is -3.66. The van der Waals surface area contributed by atoms with E-state index >= 15 is 0 Å². The quantitative estimate of drug-likeness (QED) is 0.183. The molecule has 0 saturated carbocycles. The molecule has 10 nitrogen and oxygen atoms in total. The van der Waals surface area contributed by atoms with Crippen molar-refractivity contribution >= 4 is 17.5 Å². The van der Waals surface area contributed by atoms with Crippen LogP contribution >= 0.6 is 0 Å². The van der Waals surface area contributed by atoms with Crippen molar-refractivity contribution in [3.63, 3.8) is 0 Å². The first-order valence-electron chi connectivity index (χ1n) is 11.8. The van der Waals surface area contributed by atoms with Gasteiger partial charge in [-0.15, -0.1) is 0 Å². The predicted molar refractivity (Wildman–Crippen MR) is 132 cm³/mol. The Morgan fingerprint density at radius 2 is 1.58 bits per heavy atom. The van der Waals surface area contributed by atoms with E-state index in [9.17, 15) is 9.59 Å². The van der Waals surface area contributed by atoms with Gasteiger partial charge in [-0.1, -0.05) is 13.0 Å². The van der Waals surface area contributed by atoms with Crippen LogP contribution in [0.3, 0.4) is 0 Å². The molecule has 2 N–H and O–H groups in total. The third-order valence-electron chi connectivity index (χ3n) is 6.27. The van der Waals surface area contributed by atoms with Gasteiger partial charge in [0, 0.05) is 18.6 Å². The van der Waals surface area contributed by atoms with Crippen molar-refractivity contribution in [3.8, 4) is 28.7 Å². The van der Waals surface area contributed by atoms with E-state index in [1.165, 1.54) is 21.3 Å². The molecule has 1 fully saturated rings. The lowest BCUT2D eigenvalue weighted by molar-refractivity contribution is -0.130. The number of ether oxygens (including phenoxy) is 5. The molecule has 1 saturated heterocycles. The minimum absolute atomic E-state index is 0.0144. The first-order valence-corrected chi connectivity index (χ1v) is 11.8. The molecule has 1 aliphatic rings. The highest BCUT2D eigenvalue weighted by atomic mass is 16.5. The van der Waals surface area contributed by atoms with E-state index in [4.69, 9.17) is 28.9 Å². The Morgan fingerprint density at radius 1 is 0.917 bits per heavy atom. The van der Waals surface area contributed by atoms with Crippen molar-refractivity contribution in [1.29, 1.82) is 0 Å². The lowest BCUT2D eigenvalue weighted by Gasteiger charge is -2.46. The van der Waals surface area contributed by atoms with Crippen molar-refractivity contribution < 1.29 is 38.5 Å². The molecule has 2 aromatic carbocycles. The van der Waals surface area contributed by atoms with Crippen LogP contribution in [0.5, 0.6) is 28.7 Å². The normalized spacial score (nSPS) is 16.7. The van der Waals surface area contributed by atoms with Crippen LogP contribution in [0.25, 0.3) is 0 Å². The highest BCUT2D eigenvalue weighted by Gasteiger charge is 2.46. The standard InChI is InChI=1S/C26H34N2O8/c1-16-24(28(26(16)30)18-14-21(33-3)25(35-5)22(15-18)34-4)17-10-11-19(32-2)20(13-17)36-12-8-6-7-9-23(29)27-31/h10-11,13-16,24,31H,6-9,12H2,1-5H3,(H,27,29)/t16-,24+/m0/s1. The van der Waals surface area contributed by atoms with Crippen LogP contribution in [0, 0.1) is 5.92 Å². The Balaban J connectivity index is 1.80. The molecule has 0 aromatic heterocycles. The summed E-state index contributed by atoms with van der Waals surface area (Å²) in [5.74, 6) is 1.92. The molecule has 2 aromatic rings. The van der Waals surface area contributed by atoms with Crippen molar-refractivity contribution in [2.45, 2.75) is 38.6 Å². The van der Waals surface area contributed by atoms with Gasteiger partial charge in [0.1, 0.15) is 0 Å². The number of methoxy groups -OCH3 is 4. The number of unbranched alkanes of at least 4 members (excludes halogenated alkanes) is 2. The molecule has 0 unspecified atom stereocenters. The van der Waals surface area contributed by atoms with E-state index in [-0.39, 0.29) is 24.3 Å². The van der Waals surface area contributed by atoms with E-state index in [1.807, 2.05) is 25.1 Å². The monoisotopic (exact) mass is 502 g/mol. The first-order chi connectivity index (χ1) is 17.4. The smallest absolute Gasteiger partial charge is 0.243 e. The SMILES string of the molecule is COc1ccc([C@H]2[C@H](C)C(=O)N2c2cc(OC)c(OC)c(OC)c2)cc1OCCCCCC(=O)NO. The van der Waals surface area contributed by atoms with Gasteiger partial charge in [-0.3, -0.25) is 14.8 Å². The maximum absolute atomic E-state index is 13.0. The summed E-state index contributed by atoms with van der Waals surface area (Å²) < 4.78 is 27.8. The number of β-lactam (4-membered cyclic amide) rings is 1. The van der Waals surface area contributed by atoms with Crippen LogP contribution < -0.4 is 34.1 Å². The first kappa shape index (κ1) is 26.9. The summed E-state index contributed by atoms with van der Waals surface area (Å²) in [5, 5.41) is 8.56. The van der Waals surface area contributed by atoms with E-state index in [0.29, 0.717) is 47.5 Å². The molecule has 0 spiro atoms. The fourth-order valence-electron chi connectivity index (χ4n) is 4.36. The third kappa shape index (κ3) is 5.59. The number of amides is 2. The molecule has 1 aliphatic heterocycles. The van der Waals surface area contributed by atoms with Gasteiger partial charge in [0.15, 0.2) is 23.0 Å². The van der Waals surface area contributed by atoms with Gasteiger partial charge >= 0.3 is 0 Å². The molecule has 36 heavy (non-hydrogen) atoms. The Labute approximate surface area is 211 Å². The molecular weight excluding hydrogens is 468 g/mol. The summed E-state index contributed by atoms with van der Waals surface area (Å²) in [6.45, 7) is 2.34. The number of anilines is 1. The fourth-order valence-corrected chi connectivity index (χ4v) is 4.36. The second kappa shape index (κ2) is 12.3.